The number of halogens is 1. The van der Waals surface area contributed by atoms with E-state index in [0.717, 1.165) is 30.8 Å². The Morgan fingerprint density at radius 1 is 1.50 bits per heavy atom. The van der Waals surface area contributed by atoms with E-state index >= 15 is 0 Å². The molecule has 1 fully saturated rings. The summed E-state index contributed by atoms with van der Waals surface area (Å²) in [5, 5.41) is 1.59. The van der Waals surface area contributed by atoms with Gasteiger partial charge in [0.25, 0.3) is 15.0 Å². The Morgan fingerprint density at radius 3 is 2.60 bits per heavy atom. The van der Waals surface area contributed by atoms with Gasteiger partial charge in [0.05, 0.1) is 5.56 Å². The molecule has 4 nitrogen and oxygen atoms in total. The van der Waals surface area contributed by atoms with E-state index < -0.39 is 9.05 Å². The molecule has 112 valence electrons. The van der Waals surface area contributed by atoms with Crippen molar-refractivity contribution in [1.29, 1.82) is 0 Å². The van der Waals surface area contributed by atoms with Gasteiger partial charge in [-0.25, -0.2) is 8.42 Å². The van der Waals surface area contributed by atoms with Crippen molar-refractivity contribution in [3.8, 4) is 0 Å². The van der Waals surface area contributed by atoms with Crippen molar-refractivity contribution in [3.05, 3.63) is 16.5 Å². The van der Waals surface area contributed by atoms with Crippen molar-refractivity contribution in [3.63, 3.8) is 0 Å². The van der Waals surface area contributed by atoms with Gasteiger partial charge in [0.15, 0.2) is 0 Å². The maximum atomic E-state index is 12.5. The molecule has 1 atom stereocenters. The molecule has 7 heteroatoms. The highest BCUT2D eigenvalue weighted by molar-refractivity contribution is 8.15. The van der Waals surface area contributed by atoms with Gasteiger partial charge in [-0.15, -0.1) is 11.3 Å². The first-order chi connectivity index (χ1) is 9.21. The van der Waals surface area contributed by atoms with Crippen LogP contribution in [0.25, 0.3) is 0 Å². The third-order valence-electron chi connectivity index (χ3n) is 3.90. The summed E-state index contributed by atoms with van der Waals surface area (Å²) in [6.07, 6.45) is 1.01. The van der Waals surface area contributed by atoms with Crippen molar-refractivity contribution in [2.24, 2.45) is 11.8 Å². The lowest BCUT2D eigenvalue weighted by atomic mass is 9.95. The normalized spacial score (nSPS) is 19.9. The molecule has 0 aliphatic carbocycles. The van der Waals surface area contributed by atoms with Gasteiger partial charge in [-0.2, -0.15) is 0 Å². The van der Waals surface area contributed by atoms with Crippen LogP contribution in [0.2, 0.25) is 0 Å². The average Bonchev–Trinajstić information content (AvgIpc) is 2.93. The quantitative estimate of drug-likeness (QED) is 0.797. The lowest BCUT2D eigenvalue weighted by Crippen LogP contribution is -2.29. The van der Waals surface area contributed by atoms with Crippen LogP contribution in [-0.2, 0) is 9.05 Å². The summed E-state index contributed by atoms with van der Waals surface area (Å²) < 4.78 is 22.9. The molecule has 0 aromatic carbocycles. The minimum atomic E-state index is -3.77. The van der Waals surface area contributed by atoms with Gasteiger partial charge in [0, 0.05) is 29.2 Å². The van der Waals surface area contributed by atoms with Crippen LogP contribution < -0.4 is 0 Å². The summed E-state index contributed by atoms with van der Waals surface area (Å²) in [5.74, 6) is 0.984. The molecule has 0 spiro atoms. The fraction of sp³-hybridized carbons (Fsp3) is 0.615. The Labute approximate surface area is 128 Å². The first-order valence-electron chi connectivity index (χ1n) is 6.53. The van der Waals surface area contributed by atoms with Gasteiger partial charge in [-0.3, -0.25) is 4.79 Å². The molecule has 0 radical (unpaired) electrons. The van der Waals surface area contributed by atoms with Crippen molar-refractivity contribution < 1.29 is 13.2 Å². The number of likely N-dealkylation sites (tertiary alicyclic amines) is 1. The number of hydrogen-bond acceptors (Lipinski definition) is 4. The molecule has 1 amide bonds. The van der Waals surface area contributed by atoms with Gasteiger partial charge in [0.1, 0.15) is 4.21 Å². The van der Waals surface area contributed by atoms with Crippen LogP contribution in [0.4, 0.5) is 0 Å². The van der Waals surface area contributed by atoms with Gasteiger partial charge < -0.3 is 4.90 Å². The first kappa shape index (κ1) is 15.8. The molecule has 2 rings (SSSR count). The lowest BCUT2D eigenvalue weighted by molar-refractivity contribution is 0.0783. The zero-order valence-electron chi connectivity index (χ0n) is 11.7. The number of thiophene rings is 1. The molecule has 2 heterocycles. The highest BCUT2D eigenvalue weighted by atomic mass is 35.7. The summed E-state index contributed by atoms with van der Waals surface area (Å²) >= 11 is 1.01. The van der Waals surface area contributed by atoms with E-state index in [-0.39, 0.29) is 10.1 Å². The monoisotopic (exact) mass is 335 g/mol. The fourth-order valence-corrected chi connectivity index (χ4v) is 5.08. The Kier molecular flexibility index (Phi) is 4.47. The fourth-order valence-electron chi connectivity index (χ4n) is 2.54. The van der Waals surface area contributed by atoms with E-state index in [9.17, 15) is 13.2 Å². The van der Waals surface area contributed by atoms with Crippen LogP contribution >= 0.6 is 22.0 Å². The number of nitrogens with zero attached hydrogens (tertiary/aromatic N) is 1. The summed E-state index contributed by atoms with van der Waals surface area (Å²) in [5.41, 5.74) is 0.918. The molecule has 1 saturated heterocycles. The molecule has 1 aromatic heterocycles. The molecule has 1 aromatic rings. The SMILES string of the molecule is Cc1c(C(=O)N2CCC(C(C)C)C2)csc1S(=O)(=O)Cl. The topological polar surface area (TPSA) is 54.5 Å². The largest absolute Gasteiger partial charge is 0.338 e. The molecular formula is C13H18ClNO3S2. The lowest BCUT2D eigenvalue weighted by Gasteiger charge is -2.18. The Hall–Kier alpha value is -0.590. The second-order valence-corrected chi connectivity index (χ2v) is 9.18. The van der Waals surface area contributed by atoms with Crippen LogP contribution in [0.3, 0.4) is 0 Å². The first-order valence-corrected chi connectivity index (χ1v) is 9.72. The highest BCUT2D eigenvalue weighted by Crippen LogP contribution is 2.32. The number of rotatable bonds is 3. The summed E-state index contributed by atoms with van der Waals surface area (Å²) in [6, 6.07) is 0. The molecule has 1 aliphatic heterocycles. The Morgan fingerprint density at radius 2 is 2.15 bits per heavy atom. The molecule has 1 unspecified atom stereocenters. The van der Waals surface area contributed by atoms with Gasteiger partial charge in [-0.05, 0) is 30.7 Å². The number of carbonyl (C=O) groups is 1. The maximum Gasteiger partial charge on any atom is 0.271 e. The predicted molar refractivity (Wildman–Crippen MR) is 80.9 cm³/mol. The van der Waals surface area contributed by atoms with Gasteiger partial charge in [0.2, 0.25) is 0 Å². The number of hydrogen-bond donors (Lipinski definition) is 0. The summed E-state index contributed by atoms with van der Waals surface area (Å²) in [4.78, 5) is 14.3. The van der Waals surface area contributed by atoms with Crippen molar-refractivity contribution in [2.45, 2.75) is 31.4 Å². The van der Waals surface area contributed by atoms with E-state index in [4.69, 9.17) is 10.7 Å². The van der Waals surface area contributed by atoms with Gasteiger partial charge in [-0.1, -0.05) is 13.8 Å². The van der Waals surface area contributed by atoms with E-state index in [0.29, 0.717) is 23.0 Å². The minimum absolute atomic E-state index is 0.0714. The highest BCUT2D eigenvalue weighted by Gasteiger charge is 2.31. The zero-order chi connectivity index (χ0) is 15.1. The van der Waals surface area contributed by atoms with E-state index in [1.54, 1.807) is 12.3 Å². The maximum absolute atomic E-state index is 12.5. The number of amides is 1. The number of carbonyl (C=O) groups excluding carboxylic acids is 1. The summed E-state index contributed by atoms with van der Waals surface area (Å²) in [6.45, 7) is 7.43. The zero-order valence-corrected chi connectivity index (χ0v) is 14.1. The van der Waals surface area contributed by atoms with Crippen molar-refractivity contribution in [2.75, 3.05) is 13.1 Å². The average molecular weight is 336 g/mol. The molecule has 20 heavy (non-hydrogen) atoms. The van der Waals surface area contributed by atoms with Crippen molar-refractivity contribution in [1.82, 2.24) is 4.90 Å². The Balaban J connectivity index is 2.22. The third kappa shape index (κ3) is 3.02. The molecule has 0 saturated carbocycles. The molecule has 0 N–H and O–H groups in total. The molecular weight excluding hydrogens is 318 g/mol. The molecule has 0 bridgehead atoms. The Bertz CT molecular complexity index is 622. The molecule has 1 aliphatic rings. The van der Waals surface area contributed by atoms with Crippen LogP contribution in [0, 0.1) is 18.8 Å². The second kappa shape index (κ2) is 5.66. The smallest absolute Gasteiger partial charge is 0.271 e. The van der Waals surface area contributed by atoms with Crippen molar-refractivity contribution >= 4 is 37.0 Å². The van der Waals surface area contributed by atoms with Crippen LogP contribution in [0.5, 0.6) is 0 Å². The standard InChI is InChI=1S/C13H18ClNO3S2/c1-8(2)10-4-5-15(6-10)12(16)11-7-19-13(9(11)3)20(14,17)18/h7-8,10H,4-6H2,1-3H3. The van der Waals surface area contributed by atoms with Gasteiger partial charge >= 0.3 is 0 Å². The second-order valence-electron chi connectivity index (χ2n) is 5.54. The predicted octanol–water partition coefficient (Wildman–Crippen LogP) is 3.10. The summed E-state index contributed by atoms with van der Waals surface area (Å²) in [7, 11) is 1.59. The van der Waals surface area contributed by atoms with E-state index in [1.807, 2.05) is 4.90 Å². The minimum Gasteiger partial charge on any atom is -0.338 e. The van der Waals surface area contributed by atoms with Crippen LogP contribution in [0.15, 0.2) is 9.59 Å². The van der Waals surface area contributed by atoms with Crippen LogP contribution in [0.1, 0.15) is 36.2 Å². The van der Waals surface area contributed by atoms with E-state index in [2.05, 4.69) is 13.8 Å². The van der Waals surface area contributed by atoms with E-state index in [1.165, 1.54) is 0 Å². The third-order valence-corrected chi connectivity index (χ3v) is 7.21. The van der Waals surface area contributed by atoms with Crippen LogP contribution in [-0.4, -0.2) is 32.3 Å².